The van der Waals surface area contributed by atoms with E-state index in [1.807, 2.05) is 13.1 Å². The fourth-order valence-corrected chi connectivity index (χ4v) is 1.64. The SMILES string of the molecule is CC1=CCC(CNc2ccc(F)c(F)c2)N=C1. The summed E-state index contributed by atoms with van der Waals surface area (Å²) in [5, 5.41) is 3.05. The Bertz CT molecular complexity index is 466. The van der Waals surface area contributed by atoms with E-state index in [1.165, 1.54) is 6.07 Å². The number of nitrogens with zero attached hydrogens (tertiary/aromatic N) is 1. The number of rotatable bonds is 3. The van der Waals surface area contributed by atoms with Crippen molar-refractivity contribution in [1.29, 1.82) is 0 Å². The van der Waals surface area contributed by atoms with Gasteiger partial charge in [0.25, 0.3) is 0 Å². The molecule has 1 atom stereocenters. The predicted octanol–water partition coefficient (Wildman–Crippen LogP) is 3.17. The summed E-state index contributed by atoms with van der Waals surface area (Å²) < 4.78 is 25.6. The Hall–Kier alpha value is -1.71. The zero-order valence-electron chi connectivity index (χ0n) is 9.58. The molecule has 90 valence electrons. The van der Waals surface area contributed by atoms with Crippen molar-refractivity contribution in [2.24, 2.45) is 4.99 Å². The normalized spacial score (nSPS) is 19.0. The van der Waals surface area contributed by atoms with Gasteiger partial charge in [0.05, 0.1) is 6.04 Å². The summed E-state index contributed by atoms with van der Waals surface area (Å²) in [5.41, 5.74) is 1.74. The molecular formula is C13H14F2N2. The van der Waals surface area contributed by atoms with E-state index in [1.54, 1.807) is 0 Å². The van der Waals surface area contributed by atoms with Crippen LogP contribution < -0.4 is 5.32 Å². The summed E-state index contributed by atoms with van der Waals surface area (Å²) in [6, 6.07) is 3.95. The summed E-state index contributed by atoms with van der Waals surface area (Å²) in [4.78, 5) is 4.34. The van der Waals surface area contributed by atoms with Crippen molar-refractivity contribution in [3.05, 3.63) is 41.5 Å². The second-order valence-corrected chi connectivity index (χ2v) is 4.13. The standard InChI is InChI=1S/C13H14F2N2/c1-9-2-3-11(16-7-9)8-17-10-4-5-12(14)13(15)6-10/h2,4-7,11,17H,3,8H2,1H3. The lowest BCUT2D eigenvalue weighted by Gasteiger charge is -2.15. The number of allylic oxidation sites excluding steroid dienone is 1. The first kappa shape index (κ1) is 11.8. The van der Waals surface area contributed by atoms with Crippen molar-refractivity contribution in [2.45, 2.75) is 19.4 Å². The van der Waals surface area contributed by atoms with Crippen LogP contribution in [0.2, 0.25) is 0 Å². The molecule has 0 saturated heterocycles. The molecule has 17 heavy (non-hydrogen) atoms. The van der Waals surface area contributed by atoms with Crippen molar-refractivity contribution in [3.63, 3.8) is 0 Å². The van der Waals surface area contributed by atoms with Crippen LogP contribution in [0.25, 0.3) is 0 Å². The van der Waals surface area contributed by atoms with Gasteiger partial charge in [0.1, 0.15) is 0 Å². The second kappa shape index (κ2) is 5.08. The number of nitrogens with one attached hydrogen (secondary N) is 1. The maximum atomic E-state index is 12.9. The largest absolute Gasteiger partial charge is 0.383 e. The molecule has 0 amide bonds. The maximum absolute atomic E-state index is 12.9. The van der Waals surface area contributed by atoms with Gasteiger partial charge in [-0.15, -0.1) is 0 Å². The fraction of sp³-hybridized carbons (Fsp3) is 0.308. The van der Waals surface area contributed by atoms with Gasteiger partial charge in [-0.3, -0.25) is 4.99 Å². The van der Waals surface area contributed by atoms with E-state index in [0.717, 1.165) is 24.1 Å². The molecule has 2 rings (SSSR count). The van der Waals surface area contributed by atoms with Gasteiger partial charge < -0.3 is 5.32 Å². The summed E-state index contributed by atoms with van der Waals surface area (Å²) in [5.74, 6) is -1.66. The first-order valence-corrected chi connectivity index (χ1v) is 5.54. The minimum absolute atomic E-state index is 0.159. The molecule has 0 aromatic heterocycles. The molecule has 1 aromatic carbocycles. The number of hydrogen-bond donors (Lipinski definition) is 1. The van der Waals surface area contributed by atoms with Crippen LogP contribution in [-0.4, -0.2) is 18.8 Å². The van der Waals surface area contributed by atoms with Crippen molar-refractivity contribution < 1.29 is 8.78 Å². The molecule has 1 aliphatic heterocycles. The summed E-state index contributed by atoms with van der Waals surface area (Å²) in [7, 11) is 0. The number of benzene rings is 1. The number of anilines is 1. The van der Waals surface area contributed by atoms with Gasteiger partial charge in [-0.2, -0.15) is 0 Å². The highest BCUT2D eigenvalue weighted by molar-refractivity contribution is 5.78. The van der Waals surface area contributed by atoms with Crippen LogP contribution in [0.15, 0.2) is 34.8 Å². The van der Waals surface area contributed by atoms with Gasteiger partial charge in [-0.25, -0.2) is 8.78 Å². The maximum Gasteiger partial charge on any atom is 0.160 e. The third kappa shape index (κ3) is 3.12. The number of aliphatic imine (C=N–C) groups is 1. The van der Waals surface area contributed by atoms with Gasteiger partial charge in [0, 0.05) is 18.4 Å². The molecule has 0 aliphatic carbocycles. The smallest absolute Gasteiger partial charge is 0.160 e. The van der Waals surface area contributed by atoms with Crippen molar-refractivity contribution >= 4 is 11.9 Å². The highest BCUT2D eigenvalue weighted by Gasteiger charge is 2.08. The third-order valence-corrected chi connectivity index (χ3v) is 2.66. The van der Waals surface area contributed by atoms with E-state index in [4.69, 9.17) is 0 Å². The van der Waals surface area contributed by atoms with Crippen molar-refractivity contribution in [3.8, 4) is 0 Å². The molecule has 1 heterocycles. The van der Waals surface area contributed by atoms with E-state index in [0.29, 0.717) is 12.2 Å². The molecule has 1 aliphatic rings. The lowest BCUT2D eigenvalue weighted by Crippen LogP contribution is -2.19. The molecule has 2 nitrogen and oxygen atoms in total. The highest BCUT2D eigenvalue weighted by Crippen LogP contribution is 2.14. The quantitative estimate of drug-likeness (QED) is 0.856. The topological polar surface area (TPSA) is 24.4 Å². The monoisotopic (exact) mass is 236 g/mol. The highest BCUT2D eigenvalue weighted by atomic mass is 19.2. The van der Waals surface area contributed by atoms with Crippen LogP contribution in [-0.2, 0) is 0 Å². The second-order valence-electron chi connectivity index (χ2n) is 4.13. The van der Waals surface area contributed by atoms with E-state index in [2.05, 4.69) is 16.4 Å². The molecule has 1 N–H and O–H groups in total. The Morgan fingerprint density at radius 1 is 1.35 bits per heavy atom. The number of halogens is 2. The van der Waals surface area contributed by atoms with Crippen molar-refractivity contribution in [2.75, 3.05) is 11.9 Å². The Balaban J connectivity index is 1.90. The molecule has 0 fully saturated rings. The number of hydrogen-bond acceptors (Lipinski definition) is 2. The van der Waals surface area contributed by atoms with Crippen LogP contribution in [0.5, 0.6) is 0 Å². The zero-order valence-corrected chi connectivity index (χ0v) is 9.58. The summed E-state index contributed by atoms with van der Waals surface area (Å²) in [6.07, 6.45) is 4.82. The van der Waals surface area contributed by atoms with Crippen molar-refractivity contribution in [1.82, 2.24) is 0 Å². The fourth-order valence-electron chi connectivity index (χ4n) is 1.64. The molecule has 0 saturated carbocycles. The van der Waals surface area contributed by atoms with Crippen LogP contribution in [0.4, 0.5) is 14.5 Å². The molecule has 1 unspecified atom stereocenters. The van der Waals surface area contributed by atoms with Gasteiger partial charge in [-0.1, -0.05) is 6.08 Å². The van der Waals surface area contributed by atoms with Gasteiger partial charge in [0.2, 0.25) is 0 Å². The van der Waals surface area contributed by atoms with E-state index in [-0.39, 0.29) is 6.04 Å². The van der Waals surface area contributed by atoms with Gasteiger partial charge in [0.15, 0.2) is 11.6 Å². The lowest BCUT2D eigenvalue weighted by molar-refractivity contribution is 0.509. The molecule has 0 spiro atoms. The van der Waals surface area contributed by atoms with Crippen LogP contribution in [0, 0.1) is 11.6 Å². The average Bonchev–Trinajstić information content (AvgIpc) is 2.33. The first-order valence-electron chi connectivity index (χ1n) is 5.54. The van der Waals surface area contributed by atoms with Gasteiger partial charge >= 0.3 is 0 Å². The lowest BCUT2D eigenvalue weighted by atomic mass is 10.1. The molecule has 1 aromatic rings. The van der Waals surface area contributed by atoms with Crippen LogP contribution in [0.1, 0.15) is 13.3 Å². The zero-order chi connectivity index (χ0) is 12.3. The molecule has 0 radical (unpaired) electrons. The molecule has 4 heteroatoms. The number of dihydropyridines is 1. The first-order chi connectivity index (χ1) is 8.15. The minimum Gasteiger partial charge on any atom is -0.383 e. The van der Waals surface area contributed by atoms with Crippen LogP contribution >= 0.6 is 0 Å². The Labute approximate surface area is 99.1 Å². The van der Waals surface area contributed by atoms with Crippen LogP contribution in [0.3, 0.4) is 0 Å². The molecular weight excluding hydrogens is 222 g/mol. The Morgan fingerprint density at radius 2 is 2.18 bits per heavy atom. The minimum atomic E-state index is -0.835. The van der Waals surface area contributed by atoms with E-state index < -0.39 is 11.6 Å². The molecule has 0 bridgehead atoms. The average molecular weight is 236 g/mol. The van der Waals surface area contributed by atoms with E-state index in [9.17, 15) is 8.78 Å². The van der Waals surface area contributed by atoms with E-state index >= 15 is 0 Å². The summed E-state index contributed by atoms with van der Waals surface area (Å²) in [6.45, 7) is 2.62. The Morgan fingerprint density at radius 3 is 2.82 bits per heavy atom. The van der Waals surface area contributed by atoms with Gasteiger partial charge in [-0.05, 0) is 37.1 Å². The summed E-state index contributed by atoms with van der Waals surface area (Å²) >= 11 is 0. The Kier molecular flexibility index (Phi) is 3.52. The third-order valence-electron chi connectivity index (χ3n) is 2.66. The predicted molar refractivity (Wildman–Crippen MR) is 65.5 cm³/mol.